The Morgan fingerprint density at radius 2 is 2.00 bits per heavy atom. The number of pyridine rings is 2. The monoisotopic (exact) mass is 497 g/mol. The molecule has 1 atom stereocenters. The Kier molecular flexibility index (Phi) is 7.32. The van der Waals surface area contributed by atoms with Gasteiger partial charge in [-0.25, -0.2) is 19.3 Å². The van der Waals surface area contributed by atoms with Crippen LogP contribution in [0.15, 0.2) is 73.1 Å². The summed E-state index contributed by atoms with van der Waals surface area (Å²) in [5, 5.41) is 20.5. The molecule has 4 aromatic rings. The summed E-state index contributed by atoms with van der Waals surface area (Å²) in [7, 11) is 0. The number of hydrogen-bond donors (Lipinski definition) is 4. The summed E-state index contributed by atoms with van der Waals surface area (Å²) in [4.78, 5) is 18.8. The molecule has 0 amide bonds. The highest BCUT2D eigenvalue weighted by Crippen LogP contribution is 2.32. The van der Waals surface area contributed by atoms with Crippen molar-refractivity contribution in [1.82, 2.24) is 24.8 Å². The van der Waals surface area contributed by atoms with Crippen LogP contribution in [0, 0.1) is 11.2 Å². The van der Waals surface area contributed by atoms with Gasteiger partial charge in [0.1, 0.15) is 23.3 Å². The van der Waals surface area contributed by atoms with Gasteiger partial charge in [0.2, 0.25) is 0 Å². The van der Waals surface area contributed by atoms with E-state index < -0.39 is 0 Å². The van der Waals surface area contributed by atoms with Crippen molar-refractivity contribution >= 4 is 17.7 Å². The number of aliphatic hydroxyl groups is 1. The maximum atomic E-state index is 13.7. The first-order valence-corrected chi connectivity index (χ1v) is 12.2. The molecule has 0 bridgehead atoms. The lowest BCUT2D eigenvalue weighted by Crippen LogP contribution is -2.28. The van der Waals surface area contributed by atoms with Crippen LogP contribution in [0.4, 0.5) is 10.2 Å². The van der Waals surface area contributed by atoms with Gasteiger partial charge in [0.25, 0.3) is 0 Å². The third kappa shape index (κ3) is 5.73. The third-order valence-electron chi connectivity index (χ3n) is 6.29. The number of rotatable bonds is 8. The summed E-state index contributed by atoms with van der Waals surface area (Å²) in [5.41, 5.74) is 4.06. The van der Waals surface area contributed by atoms with Crippen molar-refractivity contribution in [2.45, 2.75) is 18.9 Å². The minimum Gasteiger partial charge on any atom is -0.395 e. The molecule has 4 heterocycles. The molecule has 1 aromatic carbocycles. The molecule has 1 unspecified atom stereocenters. The number of amidine groups is 1. The highest BCUT2D eigenvalue weighted by molar-refractivity contribution is 5.94. The van der Waals surface area contributed by atoms with Crippen LogP contribution in [-0.4, -0.2) is 55.5 Å². The molecule has 188 valence electrons. The van der Waals surface area contributed by atoms with Crippen LogP contribution < -0.4 is 5.32 Å². The molecule has 1 aliphatic rings. The maximum Gasteiger partial charge on any atom is 0.130 e. The molecular weight excluding hydrogens is 469 g/mol. The van der Waals surface area contributed by atoms with Gasteiger partial charge in [0.15, 0.2) is 0 Å². The number of benzene rings is 1. The molecule has 4 N–H and O–H groups in total. The number of aliphatic hydroxyl groups excluding tert-OH is 1. The fourth-order valence-corrected chi connectivity index (χ4v) is 4.50. The van der Waals surface area contributed by atoms with Crippen LogP contribution >= 0.6 is 0 Å². The van der Waals surface area contributed by atoms with Crippen molar-refractivity contribution in [2.75, 3.05) is 25.0 Å². The van der Waals surface area contributed by atoms with Gasteiger partial charge in [-0.1, -0.05) is 18.2 Å². The summed E-state index contributed by atoms with van der Waals surface area (Å²) in [6.45, 7) is 1.25. The number of aromatic amines is 1. The van der Waals surface area contributed by atoms with E-state index in [1.54, 1.807) is 36.7 Å². The minimum atomic E-state index is -0.254. The Balaban J connectivity index is 1.27. The van der Waals surface area contributed by atoms with E-state index in [1.165, 1.54) is 6.07 Å². The molecular formula is C28H28FN7O. The summed E-state index contributed by atoms with van der Waals surface area (Å²) in [6.07, 6.45) is 8.82. The van der Waals surface area contributed by atoms with Crippen molar-refractivity contribution in [3.05, 3.63) is 90.3 Å². The van der Waals surface area contributed by atoms with Gasteiger partial charge in [-0.3, -0.25) is 5.41 Å². The van der Waals surface area contributed by atoms with E-state index in [1.807, 2.05) is 41.3 Å². The Morgan fingerprint density at radius 1 is 1.14 bits per heavy atom. The predicted molar refractivity (Wildman–Crippen MR) is 142 cm³/mol. The third-order valence-corrected chi connectivity index (χ3v) is 6.29. The molecule has 0 aliphatic carbocycles. The van der Waals surface area contributed by atoms with E-state index in [9.17, 15) is 4.39 Å². The van der Waals surface area contributed by atoms with Crippen molar-refractivity contribution in [3.8, 4) is 22.6 Å². The number of halogens is 1. The fourth-order valence-electron chi connectivity index (χ4n) is 4.50. The second-order valence-corrected chi connectivity index (χ2v) is 8.80. The molecule has 8 nitrogen and oxygen atoms in total. The smallest absolute Gasteiger partial charge is 0.130 e. The number of nitrogens with zero attached hydrogens (tertiary/aromatic N) is 4. The van der Waals surface area contributed by atoms with E-state index in [2.05, 4.69) is 20.3 Å². The topological polar surface area (TPSA) is 114 Å². The van der Waals surface area contributed by atoms with Crippen LogP contribution in [0.25, 0.3) is 28.7 Å². The van der Waals surface area contributed by atoms with Crippen LogP contribution in [-0.2, 0) is 0 Å². The van der Waals surface area contributed by atoms with E-state index in [0.717, 1.165) is 47.6 Å². The molecule has 9 heteroatoms. The zero-order valence-corrected chi connectivity index (χ0v) is 20.2. The van der Waals surface area contributed by atoms with Gasteiger partial charge in [-0.15, -0.1) is 0 Å². The van der Waals surface area contributed by atoms with Crippen LogP contribution in [0.5, 0.6) is 0 Å². The second-order valence-electron chi connectivity index (χ2n) is 8.80. The number of aromatic nitrogens is 4. The SMILES string of the molecule is N=C(C=Cc1ncc(-c2cccc(-c3ccc(NCCO)nc3)n2)[nH]1)N1CCCC1c1cccc(F)c1. The van der Waals surface area contributed by atoms with Gasteiger partial charge in [0, 0.05) is 24.8 Å². The summed E-state index contributed by atoms with van der Waals surface area (Å²) in [6, 6.07) is 16.2. The Bertz CT molecular complexity index is 1400. The van der Waals surface area contributed by atoms with E-state index in [4.69, 9.17) is 15.5 Å². The minimum absolute atomic E-state index is 0.000895. The lowest BCUT2D eigenvalue weighted by molar-refractivity contribution is 0.311. The first-order valence-electron chi connectivity index (χ1n) is 12.2. The Labute approximate surface area is 214 Å². The second kappa shape index (κ2) is 11.1. The number of likely N-dealkylation sites (tertiary alicyclic amines) is 1. The standard InChI is InChI=1S/C28H28FN7O/c29-21-5-1-4-19(16-21)25-8-3-14-36(25)26(30)10-12-28-33-18-24(35-28)23-7-2-6-22(34-23)20-9-11-27(32-17-20)31-13-15-37/h1-2,4-7,9-12,16-18,25,30,37H,3,8,13-15H2,(H,31,32)(H,33,35). The van der Waals surface area contributed by atoms with Crippen molar-refractivity contribution in [3.63, 3.8) is 0 Å². The van der Waals surface area contributed by atoms with Gasteiger partial charge < -0.3 is 20.3 Å². The Hall–Kier alpha value is -4.37. The largest absolute Gasteiger partial charge is 0.395 e. The van der Waals surface area contributed by atoms with Crippen LogP contribution in [0.2, 0.25) is 0 Å². The molecule has 0 spiro atoms. The number of imidazole rings is 1. The fraction of sp³-hybridized carbons (Fsp3) is 0.214. The number of hydrogen-bond acceptors (Lipinski definition) is 6. The predicted octanol–water partition coefficient (Wildman–Crippen LogP) is 4.90. The average molecular weight is 498 g/mol. The zero-order valence-electron chi connectivity index (χ0n) is 20.2. The summed E-state index contributed by atoms with van der Waals surface area (Å²) in [5.74, 6) is 1.43. The lowest BCUT2D eigenvalue weighted by atomic mass is 10.0. The van der Waals surface area contributed by atoms with Gasteiger partial charge in [-0.2, -0.15) is 0 Å². The highest BCUT2D eigenvalue weighted by Gasteiger charge is 2.27. The normalized spacial score (nSPS) is 15.4. The highest BCUT2D eigenvalue weighted by atomic mass is 19.1. The van der Waals surface area contributed by atoms with E-state index >= 15 is 0 Å². The van der Waals surface area contributed by atoms with Gasteiger partial charge in [0.05, 0.1) is 35.9 Å². The summed E-state index contributed by atoms with van der Waals surface area (Å²) >= 11 is 0. The van der Waals surface area contributed by atoms with Gasteiger partial charge >= 0.3 is 0 Å². The van der Waals surface area contributed by atoms with Crippen LogP contribution in [0.1, 0.15) is 30.3 Å². The Morgan fingerprint density at radius 3 is 2.81 bits per heavy atom. The first-order chi connectivity index (χ1) is 18.1. The van der Waals surface area contributed by atoms with Crippen molar-refractivity contribution in [1.29, 1.82) is 5.41 Å². The lowest BCUT2D eigenvalue weighted by Gasteiger charge is -2.26. The molecule has 1 fully saturated rings. The first kappa shape index (κ1) is 24.3. The quantitative estimate of drug-likeness (QED) is 0.203. The zero-order chi connectivity index (χ0) is 25.6. The molecule has 1 saturated heterocycles. The van der Waals surface area contributed by atoms with E-state index in [0.29, 0.717) is 24.0 Å². The molecule has 0 radical (unpaired) electrons. The van der Waals surface area contributed by atoms with E-state index in [-0.39, 0.29) is 18.5 Å². The molecule has 37 heavy (non-hydrogen) atoms. The molecule has 1 aliphatic heterocycles. The number of H-pyrrole nitrogens is 1. The summed E-state index contributed by atoms with van der Waals surface area (Å²) < 4.78 is 13.7. The molecule has 3 aromatic heterocycles. The van der Waals surface area contributed by atoms with Gasteiger partial charge in [-0.05, 0) is 67.0 Å². The number of nitrogens with one attached hydrogen (secondary N) is 3. The van der Waals surface area contributed by atoms with Crippen molar-refractivity contribution < 1.29 is 9.50 Å². The average Bonchev–Trinajstić information content (AvgIpc) is 3.61. The van der Waals surface area contributed by atoms with Crippen LogP contribution in [0.3, 0.4) is 0 Å². The maximum absolute atomic E-state index is 13.7. The van der Waals surface area contributed by atoms with Crippen molar-refractivity contribution in [2.24, 2.45) is 0 Å². The number of anilines is 1. The molecule has 5 rings (SSSR count). The molecule has 0 saturated carbocycles.